The van der Waals surface area contributed by atoms with Crippen LogP contribution in [0.1, 0.15) is 36.6 Å². The van der Waals surface area contributed by atoms with Crippen LogP contribution in [0.3, 0.4) is 0 Å². The molecule has 0 saturated carbocycles. The predicted octanol–water partition coefficient (Wildman–Crippen LogP) is 5.95. The van der Waals surface area contributed by atoms with Gasteiger partial charge in [-0.05, 0) is 62.2 Å². The smallest absolute Gasteiger partial charge is 0.300 e. The number of aryl methyl sites for hydroxylation is 1. The van der Waals surface area contributed by atoms with Crippen molar-refractivity contribution in [3.05, 3.63) is 101 Å². The Kier molecular flexibility index (Phi) is 6.10. The fourth-order valence-electron chi connectivity index (χ4n) is 5.11. The van der Waals surface area contributed by atoms with Gasteiger partial charge in [0.15, 0.2) is 0 Å². The fraction of sp³-hybridized carbons (Fsp3) is 0.200. The molecule has 0 radical (unpaired) electrons. The third-order valence-corrected chi connectivity index (χ3v) is 7.03. The molecule has 6 heteroatoms. The van der Waals surface area contributed by atoms with Gasteiger partial charge in [-0.15, -0.1) is 0 Å². The molecule has 1 amide bonds. The van der Waals surface area contributed by atoms with Crippen molar-refractivity contribution in [2.45, 2.75) is 26.8 Å². The minimum atomic E-state index is -0.751. The number of para-hydroxylation sites is 1. The summed E-state index contributed by atoms with van der Waals surface area (Å²) in [7, 11) is 0. The van der Waals surface area contributed by atoms with E-state index < -0.39 is 17.7 Å². The van der Waals surface area contributed by atoms with Crippen LogP contribution in [0.25, 0.3) is 16.7 Å². The van der Waals surface area contributed by atoms with E-state index in [1.807, 2.05) is 79.7 Å². The second kappa shape index (κ2) is 9.38. The van der Waals surface area contributed by atoms with Crippen molar-refractivity contribution in [1.29, 1.82) is 0 Å². The van der Waals surface area contributed by atoms with E-state index in [0.717, 1.165) is 40.8 Å². The Labute approximate surface area is 210 Å². The summed E-state index contributed by atoms with van der Waals surface area (Å²) in [4.78, 5) is 33.9. The van der Waals surface area contributed by atoms with Crippen LogP contribution in [0.2, 0.25) is 0 Å². The van der Waals surface area contributed by atoms with Crippen molar-refractivity contribution in [1.82, 2.24) is 4.98 Å². The van der Waals surface area contributed by atoms with Gasteiger partial charge in [-0.1, -0.05) is 42.5 Å². The number of benzene rings is 3. The molecule has 0 aliphatic carbocycles. The molecule has 1 aliphatic heterocycles. The minimum absolute atomic E-state index is 0.0897. The van der Waals surface area contributed by atoms with Crippen LogP contribution >= 0.6 is 0 Å². The number of rotatable bonds is 6. The average molecular weight is 480 g/mol. The number of hydrogen-bond donors (Lipinski definition) is 2. The van der Waals surface area contributed by atoms with Crippen LogP contribution in [0.5, 0.6) is 0 Å². The molecule has 36 heavy (non-hydrogen) atoms. The van der Waals surface area contributed by atoms with E-state index in [9.17, 15) is 14.7 Å². The van der Waals surface area contributed by atoms with Crippen LogP contribution in [0.15, 0.2) is 84.6 Å². The van der Waals surface area contributed by atoms with Crippen molar-refractivity contribution in [2.75, 3.05) is 22.9 Å². The number of fused-ring (bicyclic) bond motifs is 1. The second-order valence-electron chi connectivity index (χ2n) is 8.96. The van der Waals surface area contributed by atoms with Crippen molar-refractivity contribution >= 4 is 39.7 Å². The Morgan fingerprint density at radius 1 is 0.944 bits per heavy atom. The second-order valence-corrected chi connectivity index (χ2v) is 8.96. The molecular formula is C30H29N3O3. The highest BCUT2D eigenvalue weighted by Gasteiger charge is 2.47. The average Bonchev–Trinajstić information content (AvgIpc) is 3.44. The molecule has 3 aromatic carbocycles. The third kappa shape index (κ3) is 3.75. The van der Waals surface area contributed by atoms with E-state index in [4.69, 9.17) is 0 Å². The maximum absolute atomic E-state index is 13.5. The number of aliphatic hydroxyl groups is 1. The van der Waals surface area contributed by atoms with Crippen LogP contribution in [-0.4, -0.2) is 34.9 Å². The number of aromatic nitrogens is 1. The first-order chi connectivity index (χ1) is 17.5. The monoisotopic (exact) mass is 479 g/mol. The van der Waals surface area contributed by atoms with Crippen molar-refractivity contribution in [3.63, 3.8) is 0 Å². The number of aliphatic hydroxyl groups excluding tert-OH is 1. The normalized spacial score (nSPS) is 17.2. The van der Waals surface area contributed by atoms with Crippen molar-refractivity contribution < 1.29 is 14.7 Å². The Morgan fingerprint density at radius 2 is 1.61 bits per heavy atom. The van der Waals surface area contributed by atoms with Crippen LogP contribution in [-0.2, 0) is 9.59 Å². The van der Waals surface area contributed by atoms with E-state index >= 15 is 0 Å². The van der Waals surface area contributed by atoms with Gasteiger partial charge in [-0.2, -0.15) is 0 Å². The summed E-state index contributed by atoms with van der Waals surface area (Å²) in [6.45, 7) is 7.88. The van der Waals surface area contributed by atoms with Crippen molar-refractivity contribution in [3.8, 4) is 0 Å². The van der Waals surface area contributed by atoms with E-state index in [1.165, 1.54) is 4.90 Å². The van der Waals surface area contributed by atoms with Crippen LogP contribution in [0.4, 0.5) is 11.4 Å². The Bertz CT molecular complexity index is 1480. The zero-order valence-electron chi connectivity index (χ0n) is 20.7. The predicted molar refractivity (Wildman–Crippen MR) is 144 cm³/mol. The van der Waals surface area contributed by atoms with Crippen molar-refractivity contribution in [2.24, 2.45) is 0 Å². The third-order valence-electron chi connectivity index (χ3n) is 7.03. The molecule has 1 fully saturated rings. The van der Waals surface area contributed by atoms with Gasteiger partial charge < -0.3 is 15.0 Å². The first-order valence-corrected chi connectivity index (χ1v) is 12.2. The topological polar surface area (TPSA) is 76.6 Å². The van der Waals surface area contributed by atoms with E-state index in [2.05, 4.69) is 23.7 Å². The number of nitrogens with one attached hydrogen (secondary N) is 1. The number of hydrogen-bond acceptors (Lipinski definition) is 4. The van der Waals surface area contributed by atoms with Crippen LogP contribution in [0, 0.1) is 6.92 Å². The van der Waals surface area contributed by atoms with Gasteiger partial charge in [-0.3, -0.25) is 14.5 Å². The number of carbonyl (C=O) groups is 2. The first kappa shape index (κ1) is 23.4. The largest absolute Gasteiger partial charge is 0.507 e. The number of H-pyrrole nitrogens is 1. The summed E-state index contributed by atoms with van der Waals surface area (Å²) < 4.78 is 0. The van der Waals surface area contributed by atoms with E-state index in [1.54, 1.807) is 6.20 Å². The molecule has 2 heterocycles. The highest BCUT2D eigenvalue weighted by atomic mass is 16.3. The molecule has 1 unspecified atom stereocenters. The zero-order chi connectivity index (χ0) is 25.4. The molecule has 182 valence electrons. The summed E-state index contributed by atoms with van der Waals surface area (Å²) in [5, 5.41) is 12.3. The summed E-state index contributed by atoms with van der Waals surface area (Å²) >= 11 is 0. The quantitative estimate of drug-likeness (QED) is 0.204. The minimum Gasteiger partial charge on any atom is -0.507 e. The summed E-state index contributed by atoms with van der Waals surface area (Å²) in [6, 6.07) is 22.2. The van der Waals surface area contributed by atoms with Gasteiger partial charge in [0.25, 0.3) is 11.7 Å². The molecular weight excluding hydrogens is 450 g/mol. The van der Waals surface area contributed by atoms with Gasteiger partial charge in [0, 0.05) is 47.1 Å². The lowest BCUT2D eigenvalue weighted by Gasteiger charge is -2.27. The Morgan fingerprint density at radius 3 is 2.31 bits per heavy atom. The Hall–Kier alpha value is -4.32. The lowest BCUT2D eigenvalue weighted by atomic mass is 9.92. The van der Waals surface area contributed by atoms with Gasteiger partial charge in [-0.25, -0.2) is 0 Å². The maximum Gasteiger partial charge on any atom is 0.300 e. The molecule has 1 aliphatic rings. The summed E-state index contributed by atoms with van der Waals surface area (Å²) in [5.41, 5.74) is 4.81. The number of nitrogens with zero attached hydrogens (tertiary/aromatic N) is 2. The SMILES string of the molecule is CCN(CC)c1ccc(N2C(=O)C(=O)/C(=C(/O)c3c[nH]c4ccccc34)C2c2ccccc2C)cc1. The maximum atomic E-state index is 13.5. The number of ketones is 1. The lowest BCUT2D eigenvalue weighted by molar-refractivity contribution is -0.132. The van der Waals surface area contributed by atoms with Gasteiger partial charge >= 0.3 is 0 Å². The first-order valence-electron chi connectivity index (χ1n) is 12.2. The molecule has 2 N–H and O–H groups in total. The number of carbonyl (C=O) groups excluding carboxylic acids is 2. The molecule has 4 aromatic rings. The number of amides is 1. The molecule has 0 bridgehead atoms. The molecule has 1 saturated heterocycles. The molecule has 1 atom stereocenters. The van der Waals surface area contributed by atoms with E-state index in [0.29, 0.717) is 11.3 Å². The standard InChI is InChI=1S/C30H29N3O3/c1-4-32(5-2)20-14-16-21(17-15-20)33-27(22-11-7-6-10-19(22)3)26(29(35)30(33)36)28(34)24-18-31-25-13-9-8-12-23(24)25/h6-18,27,31,34H,4-5H2,1-3H3/b28-26+. The highest BCUT2D eigenvalue weighted by Crippen LogP contribution is 2.44. The molecule has 6 nitrogen and oxygen atoms in total. The van der Waals surface area contributed by atoms with Crippen LogP contribution < -0.4 is 9.80 Å². The number of Topliss-reactive ketones (excluding diaryl/α,β-unsaturated/α-hetero) is 1. The number of aromatic amines is 1. The Balaban J connectivity index is 1.70. The lowest BCUT2D eigenvalue weighted by Crippen LogP contribution is -2.30. The summed E-state index contributed by atoms with van der Waals surface area (Å²) in [5.74, 6) is -1.53. The highest BCUT2D eigenvalue weighted by molar-refractivity contribution is 6.51. The van der Waals surface area contributed by atoms with Gasteiger partial charge in [0.05, 0.1) is 11.6 Å². The fourth-order valence-corrected chi connectivity index (χ4v) is 5.11. The molecule has 5 rings (SSSR count). The number of anilines is 2. The van der Waals surface area contributed by atoms with Gasteiger partial charge in [0.1, 0.15) is 5.76 Å². The summed E-state index contributed by atoms with van der Waals surface area (Å²) in [6.07, 6.45) is 1.68. The molecule has 0 spiro atoms. The zero-order valence-corrected chi connectivity index (χ0v) is 20.7. The van der Waals surface area contributed by atoms with E-state index in [-0.39, 0.29) is 11.3 Å². The van der Waals surface area contributed by atoms with Gasteiger partial charge in [0.2, 0.25) is 0 Å². The molecule has 1 aromatic heterocycles.